The molecule has 188 valence electrons. The maximum absolute atomic E-state index is 12.5. The summed E-state index contributed by atoms with van der Waals surface area (Å²) in [5.74, 6) is 4.15. The molecule has 2 saturated carbocycles. The highest BCUT2D eigenvalue weighted by molar-refractivity contribution is 7.86. The van der Waals surface area contributed by atoms with Crippen molar-refractivity contribution in [1.82, 2.24) is 0 Å². The van der Waals surface area contributed by atoms with Crippen LogP contribution in [0.2, 0.25) is 0 Å². The van der Waals surface area contributed by atoms with Crippen LogP contribution in [0.4, 0.5) is 0 Å². The first kappa shape index (κ1) is 27.8. The van der Waals surface area contributed by atoms with E-state index < -0.39 is 38.4 Å². The summed E-state index contributed by atoms with van der Waals surface area (Å²) in [6.07, 6.45) is 4.13. The molecule has 9 nitrogen and oxygen atoms in total. The maximum Gasteiger partial charge on any atom is 0.303 e. The number of carbonyl (C=O) groups is 2. The zero-order chi connectivity index (χ0) is 24.8. The summed E-state index contributed by atoms with van der Waals surface area (Å²) in [6, 6.07) is 0. The lowest BCUT2D eigenvalue weighted by Gasteiger charge is -2.27. The molecule has 2 rings (SSSR count). The number of ketones is 1. The van der Waals surface area contributed by atoms with Gasteiger partial charge >= 0.3 is 5.97 Å². The molecule has 33 heavy (non-hydrogen) atoms. The molecule has 2 aliphatic carbocycles. The van der Waals surface area contributed by atoms with E-state index in [0.29, 0.717) is 32.1 Å². The molecule has 0 aromatic rings. The number of unbranched alkanes of at least 4 members (excludes halogenated alkanes) is 3. The highest BCUT2D eigenvalue weighted by Crippen LogP contribution is 2.62. The Hall–Kier alpha value is -1.48. The number of aliphatic carboxylic acids is 1. The highest BCUT2D eigenvalue weighted by Gasteiger charge is 2.65. The molecule has 1 N–H and O–H groups in total. The van der Waals surface area contributed by atoms with Crippen molar-refractivity contribution >= 4 is 32.0 Å². The van der Waals surface area contributed by atoms with Crippen molar-refractivity contribution in [3.05, 3.63) is 0 Å². The Kier molecular flexibility index (Phi) is 9.91. The lowest BCUT2D eigenvalue weighted by Crippen LogP contribution is -2.38. The SMILES string of the molecule is CCCCCC(OS(C)(=O)=O)C(OS(C)(=O)=O)C1C2CC(=O)C(CC#CCCCC(=O)O)C21. The molecule has 0 saturated heterocycles. The van der Waals surface area contributed by atoms with Crippen LogP contribution in [-0.2, 0) is 38.2 Å². The van der Waals surface area contributed by atoms with E-state index in [1.807, 2.05) is 6.92 Å². The molecule has 6 atom stereocenters. The normalized spacial score (nSPS) is 26.2. The summed E-state index contributed by atoms with van der Waals surface area (Å²) in [7, 11) is -7.74. The van der Waals surface area contributed by atoms with Crippen LogP contribution in [-0.4, -0.2) is 58.4 Å². The Morgan fingerprint density at radius 3 is 2.33 bits per heavy atom. The highest BCUT2D eigenvalue weighted by atomic mass is 32.2. The second-order valence-corrected chi connectivity index (χ2v) is 12.2. The van der Waals surface area contributed by atoms with E-state index in [0.717, 1.165) is 25.4 Å². The Balaban J connectivity index is 2.15. The summed E-state index contributed by atoms with van der Waals surface area (Å²) in [5, 5.41) is 8.67. The van der Waals surface area contributed by atoms with E-state index in [4.69, 9.17) is 13.5 Å². The van der Waals surface area contributed by atoms with Gasteiger partial charge in [0, 0.05) is 31.6 Å². The van der Waals surface area contributed by atoms with Gasteiger partial charge in [-0.25, -0.2) is 0 Å². The van der Waals surface area contributed by atoms with Crippen molar-refractivity contribution in [3.63, 3.8) is 0 Å². The molecule has 0 aliphatic heterocycles. The molecule has 0 bridgehead atoms. The van der Waals surface area contributed by atoms with E-state index >= 15 is 0 Å². The minimum Gasteiger partial charge on any atom is -0.481 e. The predicted molar refractivity (Wildman–Crippen MR) is 121 cm³/mol. The number of carboxylic acid groups (broad SMARTS) is 1. The van der Waals surface area contributed by atoms with Crippen LogP contribution in [0, 0.1) is 35.5 Å². The van der Waals surface area contributed by atoms with Crippen LogP contribution in [0.1, 0.15) is 64.7 Å². The molecular weight excluding hydrogens is 472 g/mol. The Morgan fingerprint density at radius 1 is 1.09 bits per heavy atom. The lowest BCUT2D eigenvalue weighted by molar-refractivity contribution is -0.137. The van der Waals surface area contributed by atoms with Crippen LogP contribution < -0.4 is 0 Å². The average molecular weight is 507 g/mol. The van der Waals surface area contributed by atoms with Crippen LogP contribution >= 0.6 is 0 Å². The zero-order valence-corrected chi connectivity index (χ0v) is 21.0. The minimum absolute atomic E-state index is 0.0358. The van der Waals surface area contributed by atoms with Crippen LogP contribution in [0.15, 0.2) is 0 Å². The van der Waals surface area contributed by atoms with Gasteiger partial charge in [-0.3, -0.25) is 18.0 Å². The number of carboxylic acids is 1. The first-order chi connectivity index (χ1) is 15.3. The summed E-state index contributed by atoms with van der Waals surface area (Å²) in [4.78, 5) is 23.0. The van der Waals surface area contributed by atoms with Gasteiger partial charge in [0.15, 0.2) is 0 Å². The van der Waals surface area contributed by atoms with Gasteiger partial charge in [0.25, 0.3) is 20.2 Å². The fourth-order valence-corrected chi connectivity index (χ4v) is 6.15. The van der Waals surface area contributed by atoms with Gasteiger partial charge in [-0.2, -0.15) is 16.8 Å². The van der Waals surface area contributed by atoms with Gasteiger partial charge in [-0.1, -0.05) is 26.2 Å². The molecule has 0 aromatic carbocycles. The van der Waals surface area contributed by atoms with Crippen molar-refractivity contribution in [2.75, 3.05) is 12.5 Å². The fraction of sp³-hybridized carbons (Fsp3) is 0.818. The van der Waals surface area contributed by atoms with Crippen molar-refractivity contribution in [2.24, 2.45) is 23.7 Å². The van der Waals surface area contributed by atoms with Crippen molar-refractivity contribution < 1.29 is 39.9 Å². The molecule has 0 aromatic heterocycles. The predicted octanol–water partition coefficient (Wildman–Crippen LogP) is 2.36. The van der Waals surface area contributed by atoms with Crippen molar-refractivity contribution in [2.45, 2.75) is 76.9 Å². The number of carbonyl (C=O) groups excluding carboxylic acids is 1. The summed E-state index contributed by atoms with van der Waals surface area (Å²) in [6.45, 7) is 2.00. The van der Waals surface area contributed by atoms with Gasteiger partial charge in [-0.15, -0.1) is 11.8 Å². The van der Waals surface area contributed by atoms with Gasteiger partial charge in [0.2, 0.25) is 0 Å². The fourth-order valence-electron chi connectivity index (χ4n) is 4.84. The number of Topliss-reactive ketones (excluding diaryl/α,β-unsaturated/α-hetero) is 1. The molecule has 0 spiro atoms. The van der Waals surface area contributed by atoms with Gasteiger partial charge in [0.05, 0.1) is 12.5 Å². The Labute approximate surface area is 196 Å². The number of hydrogen-bond acceptors (Lipinski definition) is 8. The van der Waals surface area contributed by atoms with E-state index in [9.17, 15) is 26.4 Å². The topological polar surface area (TPSA) is 141 Å². The van der Waals surface area contributed by atoms with Crippen LogP contribution in [0.5, 0.6) is 0 Å². The molecule has 0 amide bonds. The van der Waals surface area contributed by atoms with Crippen LogP contribution in [0.25, 0.3) is 0 Å². The van der Waals surface area contributed by atoms with Gasteiger partial charge < -0.3 is 5.11 Å². The molecular formula is C22H34O9S2. The second-order valence-electron chi connectivity index (χ2n) is 9.00. The second kappa shape index (κ2) is 11.8. The lowest BCUT2D eigenvalue weighted by atomic mass is 9.91. The standard InChI is InChI=1S/C22H34O9S2/c1-4-5-8-12-18(30-32(2,26)27)22(31-33(3,28)29)21-16-14-17(23)15(20(16)21)11-9-6-7-10-13-19(24)25/h15-16,18,20-22H,4-5,7-8,10-14H2,1-3H3,(H,24,25). The van der Waals surface area contributed by atoms with E-state index in [-0.39, 0.29) is 42.3 Å². The Bertz CT molecular complexity index is 975. The smallest absolute Gasteiger partial charge is 0.303 e. The third-order valence-electron chi connectivity index (χ3n) is 6.17. The average Bonchev–Trinajstić information content (AvgIpc) is 3.25. The molecule has 0 heterocycles. The first-order valence-electron chi connectivity index (χ1n) is 11.3. The first-order valence-corrected chi connectivity index (χ1v) is 14.9. The summed E-state index contributed by atoms with van der Waals surface area (Å²) in [5.41, 5.74) is 0. The molecule has 11 heteroatoms. The summed E-state index contributed by atoms with van der Waals surface area (Å²) < 4.78 is 58.4. The van der Waals surface area contributed by atoms with E-state index in [2.05, 4.69) is 11.8 Å². The molecule has 2 fully saturated rings. The Morgan fingerprint density at radius 2 is 1.76 bits per heavy atom. The third-order valence-corrected chi connectivity index (χ3v) is 7.34. The monoisotopic (exact) mass is 506 g/mol. The number of hydrogen-bond donors (Lipinski definition) is 1. The molecule has 6 unspecified atom stereocenters. The van der Waals surface area contributed by atoms with Gasteiger partial charge in [0.1, 0.15) is 18.0 Å². The quantitative estimate of drug-likeness (QED) is 0.213. The summed E-state index contributed by atoms with van der Waals surface area (Å²) >= 11 is 0. The van der Waals surface area contributed by atoms with E-state index in [1.54, 1.807) is 0 Å². The molecule has 0 radical (unpaired) electrons. The number of rotatable bonds is 14. The van der Waals surface area contributed by atoms with Crippen molar-refractivity contribution in [3.8, 4) is 11.8 Å². The van der Waals surface area contributed by atoms with E-state index in [1.165, 1.54) is 0 Å². The van der Waals surface area contributed by atoms with Gasteiger partial charge in [-0.05, 0) is 30.6 Å². The third kappa shape index (κ3) is 9.00. The largest absolute Gasteiger partial charge is 0.481 e. The zero-order valence-electron chi connectivity index (χ0n) is 19.4. The maximum atomic E-state index is 12.5. The number of fused-ring (bicyclic) bond motifs is 1. The van der Waals surface area contributed by atoms with Crippen molar-refractivity contribution in [1.29, 1.82) is 0 Å². The van der Waals surface area contributed by atoms with Crippen LogP contribution in [0.3, 0.4) is 0 Å². The minimum atomic E-state index is -3.89. The molecule has 2 aliphatic rings.